The van der Waals surface area contributed by atoms with Gasteiger partial charge in [-0.25, -0.2) is 9.78 Å². The number of amides is 2. The van der Waals surface area contributed by atoms with Crippen LogP contribution in [0.15, 0.2) is 53.9 Å². The molecule has 1 aliphatic rings. The number of hydrogen-bond acceptors (Lipinski definition) is 11. The van der Waals surface area contributed by atoms with Crippen LogP contribution in [-0.2, 0) is 27.2 Å². The van der Waals surface area contributed by atoms with E-state index in [4.69, 9.17) is 24.7 Å². The predicted molar refractivity (Wildman–Crippen MR) is 190 cm³/mol. The molecule has 0 spiro atoms. The number of carbonyl (C=O) groups excluding carboxylic acids is 4. The predicted octanol–water partition coefficient (Wildman–Crippen LogP) is 5.77. The number of nitrogens with zero attached hydrogens (tertiary/aromatic N) is 1. The fraction of sp³-hybridized carbons (Fsp3) is 0.324. The molecule has 0 bridgehead atoms. The molecule has 3 heterocycles. The molecule has 2 aromatic carbocycles. The van der Waals surface area contributed by atoms with Crippen molar-refractivity contribution in [3.8, 4) is 33.1 Å². The van der Waals surface area contributed by atoms with E-state index in [-0.39, 0.29) is 48.1 Å². The Balaban J connectivity index is 1.58. The Morgan fingerprint density at radius 1 is 1.00 bits per heavy atom. The summed E-state index contributed by atoms with van der Waals surface area (Å²) in [6.07, 6.45) is 2.01. The van der Waals surface area contributed by atoms with Crippen molar-refractivity contribution in [1.29, 1.82) is 0 Å². The number of nitrogens with two attached hydrogens (primary N) is 1. The maximum absolute atomic E-state index is 14.4. The highest BCUT2D eigenvalue weighted by molar-refractivity contribution is 7.13. The summed E-state index contributed by atoms with van der Waals surface area (Å²) >= 11 is 1.55. The van der Waals surface area contributed by atoms with Crippen molar-refractivity contribution < 1.29 is 38.1 Å². The van der Waals surface area contributed by atoms with E-state index in [1.165, 1.54) is 13.2 Å². The van der Waals surface area contributed by atoms with Gasteiger partial charge in [-0.05, 0) is 78.7 Å². The molecule has 12 nitrogen and oxygen atoms in total. The van der Waals surface area contributed by atoms with Crippen molar-refractivity contribution in [2.24, 2.45) is 5.73 Å². The second kappa shape index (κ2) is 16.9. The maximum atomic E-state index is 14.4. The lowest BCUT2D eigenvalue weighted by Crippen LogP contribution is -2.26. The molecule has 4 aromatic rings. The first-order valence-electron chi connectivity index (χ1n) is 16.5. The summed E-state index contributed by atoms with van der Waals surface area (Å²) in [6.45, 7) is 5.29. The van der Waals surface area contributed by atoms with E-state index in [9.17, 15) is 19.2 Å². The summed E-state index contributed by atoms with van der Waals surface area (Å²) < 4.78 is 22.3. The molecular formula is C37H40N4O8S. The fourth-order valence-corrected chi connectivity index (χ4v) is 6.43. The van der Waals surface area contributed by atoms with E-state index in [0.717, 1.165) is 28.0 Å². The van der Waals surface area contributed by atoms with E-state index < -0.39 is 17.8 Å². The van der Waals surface area contributed by atoms with Gasteiger partial charge in [0.1, 0.15) is 17.2 Å². The second-order valence-electron chi connectivity index (χ2n) is 11.4. The van der Waals surface area contributed by atoms with Crippen molar-refractivity contribution in [3.05, 3.63) is 82.0 Å². The zero-order chi connectivity index (χ0) is 35.6. The molecule has 0 atom stereocenters. The van der Waals surface area contributed by atoms with Gasteiger partial charge in [0.2, 0.25) is 0 Å². The number of pyridine rings is 1. The maximum Gasteiger partial charge on any atom is 0.357 e. The zero-order valence-electron chi connectivity index (χ0n) is 28.3. The van der Waals surface area contributed by atoms with Gasteiger partial charge in [0, 0.05) is 53.1 Å². The molecule has 2 amide bonds. The third kappa shape index (κ3) is 8.29. The molecule has 0 radical (unpaired) electrons. The molecular weight excluding hydrogens is 660 g/mol. The van der Waals surface area contributed by atoms with Crippen molar-refractivity contribution in [2.45, 2.75) is 46.1 Å². The van der Waals surface area contributed by atoms with Gasteiger partial charge in [-0.2, -0.15) is 0 Å². The van der Waals surface area contributed by atoms with Gasteiger partial charge in [0.15, 0.2) is 5.69 Å². The molecule has 0 saturated heterocycles. The smallest absolute Gasteiger partial charge is 0.357 e. The SMILES string of the molecule is CCCNC(=O)c1ccc(-c2cc3c(cc2C(=O)Nc2ccc(CN)cc2OCCCC(=O)OCC)-c2sccc2CCO3)c(C(=O)OC)n1. The van der Waals surface area contributed by atoms with Crippen LogP contribution in [0.3, 0.4) is 0 Å². The van der Waals surface area contributed by atoms with Crippen LogP contribution in [-0.4, -0.2) is 62.2 Å². The van der Waals surface area contributed by atoms with Crippen molar-refractivity contribution in [2.75, 3.05) is 38.8 Å². The Morgan fingerprint density at radius 3 is 2.60 bits per heavy atom. The van der Waals surface area contributed by atoms with Gasteiger partial charge in [0.25, 0.3) is 11.8 Å². The summed E-state index contributed by atoms with van der Waals surface area (Å²) in [5.41, 5.74) is 9.66. The largest absolute Gasteiger partial charge is 0.493 e. The minimum absolute atomic E-state index is 0.0348. The molecule has 0 aliphatic carbocycles. The van der Waals surface area contributed by atoms with Gasteiger partial charge in [-0.3, -0.25) is 14.4 Å². The van der Waals surface area contributed by atoms with E-state index in [2.05, 4.69) is 15.6 Å². The number of fused-ring (bicyclic) bond motifs is 3. The average Bonchev–Trinajstić information content (AvgIpc) is 3.53. The minimum atomic E-state index is -0.774. The topological polar surface area (TPSA) is 168 Å². The lowest BCUT2D eigenvalue weighted by atomic mass is 9.93. The number of esters is 2. The van der Waals surface area contributed by atoms with E-state index in [1.807, 2.05) is 18.4 Å². The normalized spacial score (nSPS) is 11.7. The molecule has 2 aromatic heterocycles. The van der Waals surface area contributed by atoms with Gasteiger partial charge >= 0.3 is 11.9 Å². The molecule has 0 unspecified atom stereocenters. The van der Waals surface area contributed by atoms with E-state index in [0.29, 0.717) is 55.4 Å². The number of carbonyl (C=O) groups is 4. The van der Waals surface area contributed by atoms with Crippen LogP contribution >= 0.6 is 11.3 Å². The Morgan fingerprint density at radius 2 is 1.84 bits per heavy atom. The number of nitrogens with one attached hydrogen (secondary N) is 2. The lowest BCUT2D eigenvalue weighted by Gasteiger charge is -2.18. The molecule has 1 aliphatic heterocycles. The molecule has 50 heavy (non-hydrogen) atoms. The Kier molecular flexibility index (Phi) is 12.2. The summed E-state index contributed by atoms with van der Waals surface area (Å²) in [4.78, 5) is 57.5. The monoisotopic (exact) mass is 700 g/mol. The second-order valence-corrected chi connectivity index (χ2v) is 12.3. The third-order valence-electron chi connectivity index (χ3n) is 7.94. The van der Waals surface area contributed by atoms with Crippen LogP contribution in [0.5, 0.6) is 11.5 Å². The van der Waals surface area contributed by atoms with Crippen LogP contribution in [0.25, 0.3) is 21.6 Å². The van der Waals surface area contributed by atoms with E-state index in [1.54, 1.807) is 54.7 Å². The summed E-state index contributed by atoms with van der Waals surface area (Å²) in [5.74, 6) is -1.11. The Hall–Kier alpha value is -5.27. The zero-order valence-corrected chi connectivity index (χ0v) is 29.1. The van der Waals surface area contributed by atoms with Crippen LogP contribution in [0.2, 0.25) is 0 Å². The summed E-state index contributed by atoms with van der Waals surface area (Å²) in [6, 6.07) is 13.8. The van der Waals surface area contributed by atoms with Crippen molar-refractivity contribution in [3.63, 3.8) is 0 Å². The number of hydrogen-bond donors (Lipinski definition) is 3. The number of methoxy groups -OCH3 is 1. The van der Waals surface area contributed by atoms with Crippen LogP contribution in [0.4, 0.5) is 5.69 Å². The van der Waals surface area contributed by atoms with Crippen molar-refractivity contribution in [1.82, 2.24) is 10.3 Å². The van der Waals surface area contributed by atoms with Crippen LogP contribution in [0.1, 0.15) is 75.6 Å². The van der Waals surface area contributed by atoms with E-state index >= 15 is 0 Å². The van der Waals surface area contributed by atoms with Gasteiger partial charge in [0.05, 0.1) is 32.6 Å². The first-order valence-corrected chi connectivity index (χ1v) is 17.3. The van der Waals surface area contributed by atoms with Gasteiger partial charge in [-0.1, -0.05) is 13.0 Å². The lowest BCUT2D eigenvalue weighted by molar-refractivity contribution is -0.143. The average molecular weight is 701 g/mol. The van der Waals surface area contributed by atoms with Crippen LogP contribution < -0.4 is 25.8 Å². The third-order valence-corrected chi connectivity index (χ3v) is 8.93. The highest BCUT2D eigenvalue weighted by Crippen LogP contribution is 2.43. The number of anilines is 1. The van der Waals surface area contributed by atoms with Gasteiger partial charge in [-0.15, -0.1) is 11.3 Å². The Bertz CT molecular complexity index is 1890. The standard InChI is InChI=1S/C37H40N4O8S/c1-4-14-39-36(44)29-11-9-24(33(40-29)37(45)46-3)25-20-30-27(34-23(12-16-49-30)13-17-50-34)19-26(25)35(43)41-28-10-8-22(21-38)18-31(28)48-15-6-7-32(42)47-5-2/h8-11,13,17-20H,4-7,12,14-16,21,38H2,1-3H3,(H,39,44)(H,41,43). The number of benzene rings is 2. The first-order chi connectivity index (χ1) is 24.3. The summed E-state index contributed by atoms with van der Waals surface area (Å²) in [7, 11) is 1.23. The Labute approximate surface area is 294 Å². The highest BCUT2D eigenvalue weighted by atomic mass is 32.1. The quantitative estimate of drug-likeness (QED) is 0.108. The van der Waals surface area contributed by atoms with Gasteiger partial charge < -0.3 is 35.3 Å². The molecule has 5 rings (SSSR count). The minimum Gasteiger partial charge on any atom is -0.493 e. The fourth-order valence-electron chi connectivity index (χ4n) is 5.45. The molecule has 0 fully saturated rings. The first kappa shape index (κ1) is 36.0. The molecule has 262 valence electrons. The molecule has 4 N–H and O–H groups in total. The highest BCUT2D eigenvalue weighted by Gasteiger charge is 2.27. The number of thiophene rings is 1. The molecule has 13 heteroatoms. The van der Waals surface area contributed by atoms with Crippen molar-refractivity contribution >= 4 is 40.8 Å². The number of aromatic nitrogens is 1. The molecule has 0 saturated carbocycles. The van der Waals surface area contributed by atoms with Crippen LogP contribution in [0, 0.1) is 0 Å². The number of ether oxygens (including phenoxy) is 4. The summed E-state index contributed by atoms with van der Waals surface area (Å²) in [5, 5.41) is 7.75. The number of rotatable bonds is 14.